The third-order valence-electron chi connectivity index (χ3n) is 2.25. The summed E-state index contributed by atoms with van der Waals surface area (Å²) >= 11 is 0. The van der Waals surface area contributed by atoms with Crippen LogP contribution in [0.3, 0.4) is 0 Å². The Bertz CT molecular complexity index is 446. The van der Waals surface area contributed by atoms with Gasteiger partial charge in [0.1, 0.15) is 0 Å². The summed E-state index contributed by atoms with van der Waals surface area (Å²) in [5.74, 6) is -0.224. The number of amides is 3. The molecule has 3 amide bonds. The molecule has 0 spiro atoms. The molecule has 1 aromatic carbocycles. The molecule has 0 atom stereocenters. The topological polar surface area (TPSA) is 96.2 Å². The molecular weight excluding hydrogens is 232 g/mol. The molecule has 0 aliphatic carbocycles. The molecule has 6 heteroatoms. The molecular formula is C12H18N4O2. The molecule has 0 unspecified atom stereocenters. The Balaban J connectivity index is 2.92. The lowest BCUT2D eigenvalue weighted by atomic mass is 10.1. The third-order valence-corrected chi connectivity index (χ3v) is 2.25. The Kier molecular flexibility index (Phi) is 4.98. The van der Waals surface area contributed by atoms with Crippen LogP contribution in [0.1, 0.15) is 25.8 Å². The fourth-order valence-electron chi connectivity index (χ4n) is 1.54. The van der Waals surface area contributed by atoms with E-state index >= 15 is 0 Å². The van der Waals surface area contributed by atoms with Crippen molar-refractivity contribution in [1.29, 1.82) is 0 Å². The van der Waals surface area contributed by atoms with Gasteiger partial charge in [-0.05, 0) is 24.1 Å². The summed E-state index contributed by atoms with van der Waals surface area (Å²) in [7, 11) is 0. The highest BCUT2D eigenvalue weighted by Crippen LogP contribution is 2.23. The Morgan fingerprint density at radius 3 is 2.56 bits per heavy atom. The van der Waals surface area contributed by atoms with Gasteiger partial charge in [-0.15, -0.1) is 0 Å². The number of rotatable bonds is 5. The first-order valence-electron chi connectivity index (χ1n) is 5.75. The number of primary amides is 1. The normalized spacial score (nSPS) is 9.67. The SMILES string of the molecule is CCCc1ccc(NNC(C)=O)c(NC(N)=O)c1. The molecule has 0 fully saturated rings. The minimum absolute atomic E-state index is 0.224. The molecule has 18 heavy (non-hydrogen) atoms. The van der Waals surface area contributed by atoms with Crippen molar-refractivity contribution in [2.45, 2.75) is 26.7 Å². The summed E-state index contributed by atoms with van der Waals surface area (Å²) in [6.07, 6.45) is 1.92. The maximum absolute atomic E-state index is 10.9. The van der Waals surface area contributed by atoms with Crippen molar-refractivity contribution in [2.24, 2.45) is 5.73 Å². The lowest BCUT2D eigenvalue weighted by Gasteiger charge is -2.13. The molecule has 0 saturated heterocycles. The number of aryl methyl sites for hydroxylation is 1. The van der Waals surface area contributed by atoms with Gasteiger partial charge in [0.15, 0.2) is 0 Å². The number of carbonyl (C=O) groups is 2. The Hall–Kier alpha value is -2.24. The molecule has 0 radical (unpaired) electrons. The van der Waals surface area contributed by atoms with E-state index in [0.29, 0.717) is 11.4 Å². The van der Waals surface area contributed by atoms with Gasteiger partial charge >= 0.3 is 6.03 Å². The second-order valence-corrected chi connectivity index (χ2v) is 3.93. The predicted molar refractivity (Wildman–Crippen MR) is 71.1 cm³/mol. The van der Waals surface area contributed by atoms with E-state index in [2.05, 4.69) is 23.1 Å². The highest BCUT2D eigenvalue weighted by atomic mass is 16.2. The average molecular weight is 250 g/mol. The van der Waals surface area contributed by atoms with Crippen molar-refractivity contribution < 1.29 is 9.59 Å². The number of anilines is 2. The standard InChI is InChI=1S/C12H18N4O2/c1-3-4-9-5-6-10(16-15-8(2)17)11(7-9)14-12(13)18/h5-7,16H,3-4H2,1-2H3,(H,15,17)(H3,13,14,18). The quantitative estimate of drug-likeness (QED) is 0.597. The Morgan fingerprint density at radius 2 is 2.00 bits per heavy atom. The van der Waals surface area contributed by atoms with Crippen molar-refractivity contribution in [2.75, 3.05) is 10.7 Å². The number of hydrogen-bond acceptors (Lipinski definition) is 3. The van der Waals surface area contributed by atoms with Gasteiger partial charge in [0.25, 0.3) is 0 Å². The van der Waals surface area contributed by atoms with E-state index in [9.17, 15) is 9.59 Å². The highest BCUT2D eigenvalue weighted by Gasteiger charge is 2.06. The largest absolute Gasteiger partial charge is 0.351 e. The lowest BCUT2D eigenvalue weighted by molar-refractivity contribution is -0.118. The Morgan fingerprint density at radius 1 is 1.28 bits per heavy atom. The number of nitrogens with two attached hydrogens (primary N) is 1. The summed E-state index contributed by atoms with van der Waals surface area (Å²) in [6, 6.07) is 4.90. The van der Waals surface area contributed by atoms with E-state index in [-0.39, 0.29) is 5.91 Å². The molecule has 0 aliphatic rings. The molecule has 5 N–H and O–H groups in total. The monoisotopic (exact) mass is 250 g/mol. The van der Waals surface area contributed by atoms with Crippen LogP contribution in [0, 0.1) is 0 Å². The van der Waals surface area contributed by atoms with Crippen LogP contribution in [-0.4, -0.2) is 11.9 Å². The molecule has 98 valence electrons. The van der Waals surface area contributed by atoms with Crippen molar-refractivity contribution >= 4 is 23.3 Å². The number of urea groups is 1. The number of hydrogen-bond donors (Lipinski definition) is 4. The summed E-state index contributed by atoms with van der Waals surface area (Å²) < 4.78 is 0. The van der Waals surface area contributed by atoms with E-state index in [0.717, 1.165) is 18.4 Å². The molecule has 0 heterocycles. The van der Waals surface area contributed by atoms with Gasteiger partial charge in [0, 0.05) is 6.92 Å². The predicted octanol–water partition coefficient (Wildman–Crippen LogP) is 1.59. The summed E-state index contributed by atoms with van der Waals surface area (Å²) in [5.41, 5.74) is 12.5. The van der Waals surface area contributed by atoms with Gasteiger partial charge in [0.05, 0.1) is 11.4 Å². The first-order valence-corrected chi connectivity index (χ1v) is 5.75. The zero-order chi connectivity index (χ0) is 13.5. The van der Waals surface area contributed by atoms with Gasteiger partial charge in [-0.25, -0.2) is 4.79 Å². The maximum Gasteiger partial charge on any atom is 0.316 e. The van der Waals surface area contributed by atoms with E-state index in [4.69, 9.17) is 5.73 Å². The van der Waals surface area contributed by atoms with Crippen molar-refractivity contribution in [1.82, 2.24) is 5.43 Å². The molecule has 1 rings (SSSR count). The van der Waals surface area contributed by atoms with E-state index < -0.39 is 6.03 Å². The van der Waals surface area contributed by atoms with Gasteiger partial charge in [-0.3, -0.25) is 15.6 Å². The number of carbonyl (C=O) groups excluding carboxylic acids is 2. The third kappa shape index (κ3) is 4.32. The van der Waals surface area contributed by atoms with Crippen LogP contribution in [0.5, 0.6) is 0 Å². The molecule has 0 saturated carbocycles. The molecule has 0 aliphatic heterocycles. The molecule has 0 bridgehead atoms. The molecule has 1 aromatic rings. The zero-order valence-electron chi connectivity index (χ0n) is 10.5. The van der Waals surface area contributed by atoms with E-state index in [1.165, 1.54) is 6.92 Å². The highest BCUT2D eigenvalue weighted by molar-refractivity contribution is 5.92. The van der Waals surface area contributed by atoms with Crippen molar-refractivity contribution in [3.05, 3.63) is 23.8 Å². The first kappa shape index (κ1) is 13.8. The smallest absolute Gasteiger partial charge is 0.316 e. The van der Waals surface area contributed by atoms with Gasteiger partial charge in [-0.1, -0.05) is 19.4 Å². The van der Waals surface area contributed by atoms with Crippen LogP contribution in [0.4, 0.5) is 16.2 Å². The molecule has 0 aromatic heterocycles. The number of nitrogens with one attached hydrogen (secondary N) is 3. The second kappa shape index (κ2) is 6.48. The fourth-order valence-corrected chi connectivity index (χ4v) is 1.54. The maximum atomic E-state index is 10.9. The number of benzene rings is 1. The van der Waals surface area contributed by atoms with Crippen LogP contribution in [-0.2, 0) is 11.2 Å². The average Bonchev–Trinajstić information content (AvgIpc) is 2.27. The fraction of sp³-hybridized carbons (Fsp3) is 0.333. The minimum Gasteiger partial charge on any atom is -0.351 e. The van der Waals surface area contributed by atoms with Crippen molar-refractivity contribution in [3.63, 3.8) is 0 Å². The van der Waals surface area contributed by atoms with Crippen LogP contribution < -0.4 is 21.9 Å². The lowest BCUT2D eigenvalue weighted by Crippen LogP contribution is -2.28. The van der Waals surface area contributed by atoms with Gasteiger partial charge < -0.3 is 11.1 Å². The van der Waals surface area contributed by atoms with Crippen molar-refractivity contribution in [3.8, 4) is 0 Å². The summed E-state index contributed by atoms with van der Waals surface area (Å²) in [4.78, 5) is 21.8. The molecule has 6 nitrogen and oxygen atoms in total. The zero-order valence-corrected chi connectivity index (χ0v) is 10.5. The van der Waals surface area contributed by atoms with E-state index in [1.54, 1.807) is 6.07 Å². The van der Waals surface area contributed by atoms with Crippen LogP contribution >= 0.6 is 0 Å². The van der Waals surface area contributed by atoms with Gasteiger partial charge in [-0.2, -0.15) is 0 Å². The van der Waals surface area contributed by atoms with Crippen LogP contribution in [0.25, 0.3) is 0 Å². The van der Waals surface area contributed by atoms with E-state index in [1.807, 2.05) is 12.1 Å². The second-order valence-electron chi connectivity index (χ2n) is 3.93. The summed E-state index contributed by atoms with van der Waals surface area (Å²) in [5, 5.41) is 2.52. The van der Waals surface area contributed by atoms with Gasteiger partial charge in [0.2, 0.25) is 5.91 Å². The van der Waals surface area contributed by atoms with Crippen LogP contribution in [0.15, 0.2) is 18.2 Å². The van der Waals surface area contributed by atoms with Crippen LogP contribution in [0.2, 0.25) is 0 Å². The first-order chi connectivity index (χ1) is 8.52. The number of hydrazine groups is 1. The Labute approximate surface area is 106 Å². The minimum atomic E-state index is -0.644. The summed E-state index contributed by atoms with van der Waals surface area (Å²) in [6.45, 7) is 3.46.